The molecule has 0 bridgehead atoms. The van der Waals surface area contributed by atoms with Gasteiger partial charge in [-0.1, -0.05) is 42.4 Å². The molecule has 0 nitrogen and oxygen atoms in total. The highest BCUT2D eigenvalue weighted by Crippen LogP contribution is 2.02. The monoisotopic (exact) mass is 150 g/mol. The van der Waals surface area contributed by atoms with Gasteiger partial charge in [-0.3, -0.25) is 0 Å². The molecule has 0 radical (unpaired) electrons. The van der Waals surface area contributed by atoms with Crippen LogP contribution in [0.3, 0.4) is 0 Å². The maximum atomic E-state index is 2.19. The van der Waals surface area contributed by atoms with Crippen molar-refractivity contribution in [2.24, 2.45) is 0 Å². The lowest BCUT2D eigenvalue weighted by atomic mass is 10.1. The zero-order chi connectivity index (χ0) is 8.69. The molecule has 0 amide bonds. The first-order valence-corrected chi connectivity index (χ1v) is 4.18. The van der Waals surface area contributed by atoms with Crippen LogP contribution in [0.25, 0.3) is 0 Å². The van der Waals surface area contributed by atoms with E-state index >= 15 is 0 Å². The van der Waals surface area contributed by atoms with Gasteiger partial charge < -0.3 is 0 Å². The van der Waals surface area contributed by atoms with Crippen molar-refractivity contribution in [3.05, 3.63) is 35.5 Å². The highest BCUT2D eigenvalue weighted by atomic mass is 13.9. The standard InChI is InChI=1S/C11H18/c1-5-7-8-11(4)9-10(3)6-2/h6-9H,5H2,1-4H3/b8-7+,10-6+,11-9+. The highest BCUT2D eigenvalue weighted by molar-refractivity contribution is 5.26. The second kappa shape index (κ2) is 5.96. The van der Waals surface area contributed by atoms with Crippen LogP contribution in [0.1, 0.15) is 34.1 Å². The molecule has 0 aromatic carbocycles. The molecule has 0 N–H and O–H groups in total. The van der Waals surface area contributed by atoms with Crippen molar-refractivity contribution in [1.82, 2.24) is 0 Å². The Morgan fingerprint density at radius 3 is 2.27 bits per heavy atom. The quantitative estimate of drug-likeness (QED) is 0.536. The molecule has 0 aromatic rings. The fourth-order valence-electron chi connectivity index (χ4n) is 0.794. The molecule has 0 saturated heterocycles. The summed E-state index contributed by atoms with van der Waals surface area (Å²) in [5.41, 5.74) is 2.64. The van der Waals surface area contributed by atoms with Gasteiger partial charge in [0.25, 0.3) is 0 Å². The lowest BCUT2D eigenvalue weighted by molar-refractivity contribution is 1.22. The Labute approximate surface area is 70.3 Å². The molecule has 11 heavy (non-hydrogen) atoms. The van der Waals surface area contributed by atoms with E-state index in [1.165, 1.54) is 11.1 Å². The van der Waals surface area contributed by atoms with Crippen LogP contribution in [0, 0.1) is 0 Å². The van der Waals surface area contributed by atoms with Crippen LogP contribution in [0.15, 0.2) is 35.5 Å². The Kier molecular flexibility index (Phi) is 5.54. The largest absolute Gasteiger partial charge is 0.0847 e. The van der Waals surface area contributed by atoms with Crippen LogP contribution in [0.2, 0.25) is 0 Å². The van der Waals surface area contributed by atoms with Crippen LogP contribution < -0.4 is 0 Å². The van der Waals surface area contributed by atoms with E-state index in [1.807, 2.05) is 0 Å². The van der Waals surface area contributed by atoms with Crippen molar-refractivity contribution in [3.8, 4) is 0 Å². The van der Waals surface area contributed by atoms with Crippen LogP contribution in [0.4, 0.5) is 0 Å². The lowest BCUT2D eigenvalue weighted by Gasteiger charge is -1.92. The summed E-state index contributed by atoms with van der Waals surface area (Å²) in [6, 6.07) is 0. The fraction of sp³-hybridized carbons (Fsp3) is 0.455. The number of allylic oxidation sites excluding steroid dienone is 6. The van der Waals surface area contributed by atoms with E-state index in [0.29, 0.717) is 0 Å². The van der Waals surface area contributed by atoms with Gasteiger partial charge in [-0.15, -0.1) is 0 Å². The van der Waals surface area contributed by atoms with Gasteiger partial charge in [-0.25, -0.2) is 0 Å². The first-order chi connectivity index (χ1) is 5.20. The average Bonchev–Trinajstić information content (AvgIpc) is 2.00. The van der Waals surface area contributed by atoms with E-state index in [0.717, 1.165) is 6.42 Å². The predicted molar refractivity (Wildman–Crippen MR) is 52.6 cm³/mol. The van der Waals surface area contributed by atoms with Gasteiger partial charge in [0.1, 0.15) is 0 Å². The summed E-state index contributed by atoms with van der Waals surface area (Å²) in [7, 11) is 0. The minimum absolute atomic E-state index is 1.11. The van der Waals surface area contributed by atoms with Crippen molar-refractivity contribution in [2.45, 2.75) is 34.1 Å². The number of hydrogen-bond acceptors (Lipinski definition) is 0. The minimum Gasteiger partial charge on any atom is -0.0847 e. The van der Waals surface area contributed by atoms with Crippen LogP contribution in [-0.4, -0.2) is 0 Å². The molecule has 0 aliphatic carbocycles. The molecule has 0 rings (SSSR count). The van der Waals surface area contributed by atoms with Crippen molar-refractivity contribution < 1.29 is 0 Å². The third-order valence-corrected chi connectivity index (χ3v) is 1.53. The summed E-state index contributed by atoms with van der Waals surface area (Å²) in [6.07, 6.45) is 9.75. The zero-order valence-electron chi connectivity index (χ0n) is 8.02. The first-order valence-electron chi connectivity index (χ1n) is 4.18. The molecule has 0 saturated carbocycles. The van der Waals surface area contributed by atoms with Gasteiger partial charge in [-0.05, 0) is 27.2 Å². The summed E-state index contributed by atoms with van der Waals surface area (Å²) in [6.45, 7) is 8.44. The van der Waals surface area contributed by atoms with E-state index in [-0.39, 0.29) is 0 Å². The summed E-state index contributed by atoms with van der Waals surface area (Å²) in [4.78, 5) is 0. The summed E-state index contributed by atoms with van der Waals surface area (Å²) in [5, 5.41) is 0. The van der Waals surface area contributed by atoms with E-state index in [9.17, 15) is 0 Å². The Balaban J connectivity index is 4.11. The maximum Gasteiger partial charge on any atom is -0.0376 e. The molecule has 0 heterocycles. The first kappa shape index (κ1) is 10.2. The predicted octanol–water partition coefficient (Wildman–Crippen LogP) is 3.87. The Morgan fingerprint density at radius 1 is 1.18 bits per heavy atom. The zero-order valence-corrected chi connectivity index (χ0v) is 8.02. The summed E-state index contributed by atoms with van der Waals surface area (Å²) >= 11 is 0. The van der Waals surface area contributed by atoms with E-state index in [1.54, 1.807) is 0 Å². The topological polar surface area (TPSA) is 0 Å². The molecule has 0 atom stereocenters. The third kappa shape index (κ3) is 5.65. The molecular formula is C11H18. The molecule has 0 aliphatic heterocycles. The van der Waals surface area contributed by atoms with Crippen molar-refractivity contribution in [2.75, 3.05) is 0 Å². The van der Waals surface area contributed by atoms with Gasteiger partial charge in [0.05, 0.1) is 0 Å². The lowest BCUT2D eigenvalue weighted by Crippen LogP contribution is -1.71. The molecule has 0 aromatic heterocycles. The van der Waals surface area contributed by atoms with Crippen LogP contribution in [-0.2, 0) is 0 Å². The Morgan fingerprint density at radius 2 is 1.82 bits per heavy atom. The smallest absolute Gasteiger partial charge is 0.0376 e. The molecule has 62 valence electrons. The normalized spacial score (nSPS) is 14.5. The van der Waals surface area contributed by atoms with E-state index in [2.05, 4.69) is 52.0 Å². The van der Waals surface area contributed by atoms with E-state index < -0.39 is 0 Å². The number of hydrogen-bond donors (Lipinski definition) is 0. The SMILES string of the molecule is C/C=C(C)/C=C(C)/C=C/CC. The minimum atomic E-state index is 1.11. The second-order valence-corrected chi connectivity index (χ2v) is 2.73. The van der Waals surface area contributed by atoms with Gasteiger partial charge in [0.2, 0.25) is 0 Å². The fourth-order valence-corrected chi connectivity index (χ4v) is 0.794. The van der Waals surface area contributed by atoms with Crippen molar-refractivity contribution in [3.63, 3.8) is 0 Å². The van der Waals surface area contributed by atoms with Gasteiger partial charge >= 0.3 is 0 Å². The molecule has 0 fully saturated rings. The van der Waals surface area contributed by atoms with Crippen molar-refractivity contribution >= 4 is 0 Å². The Bertz CT molecular complexity index is 180. The van der Waals surface area contributed by atoms with Gasteiger partial charge in [-0.2, -0.15) is 0 Å². The highest BCUT2D eigenvalue weighted by Gasteiger charge is 1.81. The van der Waals surface area contributed by atoms with Crippen LogP contribution in [0.5, 0.6) is 0 Å². The summed E-state index contributed by atoms with van der Waals surface area (Å²) < 4.78 is 0. The number of rotatable bonds is 3. The molecular weight excluding hydrogens is 132 g/mol. The second-order valence-electron chi connectivity index (χ2n) is 2.73. The molecule has 0 heteroatoms. The summed E-state index contributed by atoms with van der Waals surface area (Å²) in [5.74, 6) is 0. The van der Waals surface area contributed by atoms with E-state index in [4.69, 9.17) is 0 Å². The van der Waals surface area contributed by atoms with Crippen LogP contribution >= 0.6 is 0 Å². The molecule has 0 unspecified atom stereocenters. The van der Waals surface area contributed by atoms with Crippen molar-refractivity contribution in [1.29, 1.82) is 0 Å². The third-order valence-electron chi connectivity index (χ3n) is 1.53. The van der Waals surface area contributed by atoms with Gasteiger partial charge in [0.15, 0.2) is 0 Å². The Hall–Kier alpha value is -0.780. The van der Waals surface area contributed by atoms with Gasteiger partial charge in [0, 0.05) is 0 Å². The maximum absolute atomic E-state index is 2.19. The molecule has 0 aliphatic rings. The molecule has 0 spiro atoms. The average molecular weight is 150 g/mol.